The first kappa shape index (κ1) is 10.7. The molecular formula is C11H15ClN2O. The smallest absolute Gasteiger partial charge is 0.0493 e. The van der Waals surface area contributed by atoms with Crippen molar-refractivity contribution in [2.45, 2.75) is 19.4 Å². The van der Waals surface area contributed by atoms with Crippen molar-refractivity contribution in [2.24, 2.45) is 0 Å². The van der Waals surface area contributed by atoms with Crippen LogP contribution in [0.1, 0.15) is 18.4 Å². The van der Waals surface area contributed by atoms with Crippen molar-refractivity contribution in [1.29, 1.82) is 0 Å². The summed E-state index contributed by atoms with van der Waals surface area (Å²) in [6, 6.07) is 5.87. The Morgan fingerprint density at radius 2 is 2.07 bits per heavy atom. The predicted octanol–water partition coefficient (Wildman–Crippen LogP) is 2.42. The van der Waals surface area contributed by atoms with Gasteiger partial charge in [-0.2, -0.15) is 0 Å². The third-order valence-corrected chi connectivity index (χ3v) is 3.15. The lowest BCUT2D eigenvalue weighted by Crippen LogP contribution is -2.21. The van der Waals surface area contributed by atoms with Crippen molar-refractivity contribution in [3.63, 3.8) is 0 Å². The monoisotopic (exact) mass is 226 g/mol. The minimum absolute atomic E-state index is 0.394. The second kappa shape index (κ2) is 4.84. The van der Waals surface area contributed by atoms with Crippen LogP contribution in [0.25, 0.3) is 0 Å². The van der Waals surface area contributed by atoms with Gasteiger partial charge in [0.15, 0.2) is 0 Å². The minimum Gasteiger partial charge on any atom is -0.371 e. The van der Waals surface area contributed by atoms with E-state index in [0.717, 1.165) is 24.3 Å². The fraction of sp³-hybridized carbons (Fsp3) is 0.455. The quantitative estimate of drug-likeness (QED) is 0.778. The fourth-order valence-electron chi connectivity index (χ4n) is 2.06. The van der Waals surface area contributed by atoms with Crippen LogP contribution in [0.2, 0.25) is 5.02 Å². The highest BCUT2D eigenvalue weighted by Gasteiger charge is 2.16. The van der Waals surface area contributed by atoms with Crippen LogP contribution in [0.4, 0.5) is 5.69 Å². The molecule has 2 rings (SSSR count). The maximum absolute atomic E-state index is 8.78. The highest BCUT2D eigenvalue weighted by Crippen LogP contribution is 2.29. The maximum atomic E-state index is 8.78. The molecule has 0 aromatic heterocycles. The first-order valence-electron chi connectivity index (χ1n) is 5.22. The Hall–Kier alpha value is -0.770. The van der Waals surface area contributed by atoms with Gasteiger partial charge in [-0.3, -0.25) is 0 Å². The molecule has 0 amide bonds. The number of hydrogen-bond donors (Lipinski definition) is 2. The van der Waals surface area contributed by atoms with Crippen LogP contribution in [-0.2, 0) is 6.54 Å². The molecule has 1 fully saturated rings. The molecule has 0 unspecified atom stereocenters. The Morgan fingerprint density at radius 1 is 1.33 bits per heavy atom. The van der Waals surface area contributed by atoms with Gasteiger partial charge in [0.25, 0.3) is 0 Å². The number of nitrogens with one attached hydrogen (secondary N) is 1. The van der Waals surface area contributed by atoms with Crippen molar-refractivity contribution in [2.75, 3.05) is 18.0 Å². The van der Waals surface area contributed by atoms with Gasteiger partial charge >= 0.3 is 0 Å². The molecule has 2 N–H and O–H groups in total. The Labute approximate surface area is 94.6 Å². The highest BCUT2D eigenvalue weighted by molar-refractivity contribution is 6.31. The Bertz CT molecular complexity index is 337. The van der Waals surface area contributed by atoms with Gasteiger partial charge in [0.2, 0.25) is 0 Å². The summed E-state index contributed by atoms with van der Waals surface area (Å²) in [7, 11) is 0. The molecule has 82 valence electrons. The van der Waals surface area contributed by atoms with Crippen molar-refractivity contribution in [3.05, 3.63) is 28.8 Å². The summed E-state index contributed by atoms with van der Waals surface area (Å²) in [6.45, 7) is 2.56. The molecule has 3 nitrogen and oxygen atoms in total. The summed E-state index contributed by atoms with van der Waals surface area (Å²) >= 11 is 6.11. The second-order valence-corrected chi connectivity index (χ2v) is 4.17. The molecule has 0 radical (unpaired) electrons. The molecule has 1 aliphatic rings. The zero-order valence-corrected chi connectivity index (χ0v) is 9.30. The largest absolute Gasteiger partial charge is 0.371 e. The van der Waals surface area contributed by atoms with Crippen LogP contribution in [-0.4, -0.2) is 18.3 Å². The van der Waals surface area contributed by atoms with Crippen LogP contribution < -0.4 is 10.4 Å². The van der Waals surface area contributed by atoms with Gasteiger partial charge in [-0.15, -0.1) is 0 Å². The van der Waals surface area contributed by atoms with Gasteiger partial charge in [0.1, 0.15) is 0 Å². The molecule has 4 heteroatoms. The summed E-state index contributed by atoms with van der Waals surface area (Å²) in [5.74, 6) is 0. The number of hydrogen-bond acceptors (Lipinski definition) is 3. The van der Waals surface area contributed by atoms with Gasteiger partial charge in [-0.05, 0) is 25.0 Å². The van der Waals surface area contributed by atoms with E-state index in [-0.39, 0.29) is 0 Å². The molecule has 0 spiro atoms. The maximum Gasteiger partial charge on any atom is 0.0493 e. The molecule has 0 aliphatic carbocycles. The Morgan fingerprint density at radius 3 is 2.73 bits per heavy atom. The van der Waals surface area contributed by atoms with E-state index in [4.69, 9.17) is 16.8 Å². The standard InChI is InChI=1S/C11H15ClN2O/c12-10-4-3-5-11(9(10)8-13-15)14-6-1-2-7-14/h3-5,13,15H,1-2,6-8H2. The summed E-state index contributed by atoms with van der Waals surface area (Å²) in [6.07, 6.45) is 2.47. The zero-order chi connectivity index (χ0) is 10.7. The Kier molecular flexibility index (Phi) is 3.46. The highest BCUT2D eigenvalue weighted by atomic mass is 35.5. The van der Waals surface area contributed by atoms with Crippen molar-refractivity contribution in [1.82, 2.24) is 5.48 Å². The van der Waals surface area contributed by atoms with Crippen LogP contribution in [0, 0.1) is 0 Å². The van der Waals surface area contributed by atoms with E-state index in [9.17, 15) is 0 Å². The third-order valence-electron chi connectivity index (χ3n) is 2.80. The van der Waals surface area contributed by atoms with E-state index in [2.05, 4.69) is 16.4 Å². The number of halogens is 1. The van der Waals surface area contributed by atoms with E-state index in [1.54, 1.807) is 0 Å². The van der Waals surface area contributed by atoms with Crippen molar-refractivity contribution >= 4 is 17.3 Å². The van der Waals surface area contributed by atoms with Crippen LogP contribution >= 0.6 is 11.6 Å². The lowest BCUT2D eigenvalue weighted by atomic mass is 10.1. The molecule has 1 saturated heterocycles. The molecule has 0 saturated carbocycles. The summed E-state index contributed by atoms with van der Waals surface area (Å²) in [5, 5.41) is 9.49. The molecule has 0 atom stereocenters. The number of nitrogens with zero attached hydrogens (tertiary/aromatic N) is 1. The average molecular weight is 227 g/mol. The minimum atomic E-state index is 0.394. The topological polar surface area (TPSA) is 35.5 Å². The molecular weight excluding hydrogens is 212 g/mol. The molecule has 15 heavy (non-hydrogen) atoms. The van der Waals surface area contributed by atoms with Gasteiger partial charge in [0, 0.05) is 35.9 Å². The number of benzene rings is 1. The van der Waals surface area contributed by atoms with Crippen molar-refractivity contribution < 1.29 is 5.21 Å². The number of hydroxylamine groups is 1. The summed E-state index contributed by atoms with van der Waals surface area (Å²) in [5.41, 5.74) is 4.29. The normalized spacial score (nSPS) is 16.0. The molecule has 1 heterocycles. The lowest BCUT2D eigenvalue weighted by Gasteiger charge is -2.21. The third kappa shape index (κ3) is 2.25. The predicted molar refractivity (Wildman–Crippen MR) is 61.5 cm³/mol. The number of anilines is 1. The fourth-order valence-corrected chi connectivity index (χ4v) is 2.29. The molecule has 1 aromatic carbocycles. The summed E-state index contributed by atoms with van der Waals surface area (Å²) in [4.78, 5) is 2.32. The van der Waals surface area contributed by atoms with Gasteiger partial charge < -0.3 is 10.1 Å². The number of rotatable bonds is 3. The second-order valence-electron chi connectivity index (χ2n) is 3.77. The van der Waals surface area contributed by atoms with Gasteiger partial charge in [0.05, 0.1) is 0 Å². The SMILES string of the molecule is ONCc1c(Cl)cccc1N1CCCC1. The van der Waals surface area contributed by atoms with Crippen LogP contribution in [0.5, 0.6) is 0 Å². The van der Waals surface area contributed by atoms with E-state index in [1.807, 2.05) is 12.1 Å². The first-order valence-corrected chi connectivity index (χ1v) is 5.60. The van der Waals surface area contributed by atoms with Crippen molar-refractivity contribution in [3.8, 4) is 0 Å². The van der Waals surface area contributed by atoms with Gasteiger partial charge in [-0.1, -0.05) is 17.7 Å². The van der Waals surface area contributed by atoms with Crippen LogP contribution in [0.3, 0.4) is 0 Å². The lowest BCUT2D eigenvalue weighted by molar-refractivity contribution is 0.161. The van der Waals surface area contributed by atoms with Crippen LogP contribution in [0.15, 0.2) is 18.2 Å². The average Bonchev–Trinajstić information content (AvgIpc) is 2.74. The Balaban J connectivity index is 2.31. The van der Waals surface area contributed by atoms with Gasteiger partial charge in [-0.25, -0.2) is 5.48 Å². The summed E-state index contributed by atoms with van der Waals surface area (Å²) < 4.78 is 0. The van der Waals surface area contributed by atoms with E-state index >= 15 is 0 Å². The van der Waals surface area contributed by atoms with E-state index in [1.165, 1.54) is 12.8 Å². The molecule has 1 aromatic rings. The van der Waals surface area contributed by atoms with E-state index < -0.39 is 0 Å². The zero-order valence-electron chi connectivity index (χ0n) is 8.54. The first-order chi connectivity index (χ1) is 7.33. The molecule has 1 aliphatic heterocycles. The van der Waals surface area contributed by atoms with E-state index in [0.29, 0.717) is 11.6 Å². The molecule has 0 bridgehead atoms.